The van der Waals surface area contributed by atoms with Gasteiger partial charge in [0.25, 0.3) is 0 Å². The Bertz CT molecular complexity index is 748. The molecule has 3 N–H and O–H groups in total. The fourth-order valence-electron chi connectivity index (χ4n) is 2.90. The molecule has 0 radical (unpaired) electrons. The van der Waals surface area contributed by atoms with Crippen LogP contribution in [0.3, 0.4) is 0 Å². The summed E-state index contributed by atoms with van der Waals surface area (Å²) in [5, 5.41) is 6.23. The third-order valence-corrected chi connectivity index (χ3v) is 6.21. The van der Waals surface area contributed by atoms with Gasteiger partial charge in [0.2, 0.25) is 10.0 Å². The van der Waals surface area contributed by atoms with Gasteiger partial charge in [-0.3, -0.25) is 4.99 Å². The number of aliphatic imine (C=N–C) groups is 1. The van der Waals surface area contributed by atoms with Gasteiger partial charge in [-0.1, -0.05) is 12.5 Å². The molecule has 0 heterocycles. The van der Waals surface area contributed by atoms with Crippen LogP contribution in [0.1, 0.15) is 24.8 Å². The highest BCUT2D eigenvalue weighted by Crippen LogP contribution is 2.27. The molecule has 0 bridgehead atoms. The summed E-state index contributed by atoms with van der Waals surface area (Å²) in [7, 11) is 1.63. The average molecular weight is 413 g/mol. The van der Waals surface area contributed by atoms with E-state index in [0.717, 1.165) is 24.8 Å². The average Bonchev–Trinajstić information content (AvgIpc) is 2.65. The Morgan fingerprint density at radius 2 is 1.86 bits per heavy atom. The number of guanidine groups is 1. The summed E-state index contributed by atoms with van der Waals surface area (Å²) in [6.45, 7) is 1.51. The summed E-state index contributed by atoms with van der Waals surface area (Å²) < 4.78 is 37.3. The number of rotatable bonds is 11. The van der Waals surface area contributed by atoms with Crippen molar-refractivity contribution in [3.8, 4) is 11.5 Å². The second kappa shape index (κ2) is 11.1. The predicted octanol–water partition coefficient (Wildman–Crippen LogP) is 1.13. The van der Waals surface area contributed by atoms with Crippen LogP contribution in [0.4, 0.5) is 0 Å². The summed E-state index contributed by atoms with van der Waals surface area (Å²) in [5.74, 6) is 2.50. The Morgan fingerprint density at radius 3 is 2.46 bits per heavy atom. The lowest BCUT2D eigenvalue weighted by atomic mass is 9.86. The normalized spacial score (nSPS) is 15.0. The third-order valence-electron chi connectivity index (χ3n) is 4.86. The number of methoxy groups -OCH3 is 2. The molecule has 0 saturated heterocycles. The first-order valence-electron chi connectivity index (χ1n) is 9.60. The summed E-state index contributed by atoms with van der Waals surface area (Å²) in [4.78, 5) is 4.13. The highest BCUT2D eigenvalue weighted by atomic mass is 32.2. The number of benzene rings is 1. The molecule has 1 aliphatic carbocycles. The van der Waals surface area contributed by atoms with Crippen molar-refractivity contribution < 1.29 is 17.9 Å². The first kappa shape index (κ1) is 22.3. The van der Waals surface area contributed by atoms with E-state index in [2.05, 4.69) is 20.3 Å². The molecule has 1 fully saturated rings. The van der Waals surface area contributed by atoms with E-state index in [-0.39, 0.29) is 5.75 Å². The molecule has 0 amide bonds. The zero-order valence-corrected chi connectivity index (χ0v) is 17.8. The van der Waals surface area contributed by atoms with Gasteiger partial charge in [-0.15, -0.1) is 0 Å². The number of ether oxygens (including phenoxy) is 2. The monoisotopic (exact) mass is 412 g/mol. The zero-order chi connectivity index (χ0) is 20.4. The van der Waals surface area contributed by atoms with Crippen LogP contribution in [0.15, 0.2) is 23.2 Å². The molecule has 1 saturated carbocycles. The lowest BCUT2D eigenvalue weighted by Crippen LogP contribution is -2.42. The molecule has 1 aromatic rings. The van der Waals surface area contributed by atoms with Crippen LogP contribution in [0.2, 0.25) is 0 Å². The number of hydrogen-bond donors (Lipinski definition) is 3. The van der Waals surface area contributed by atoms with Crippen LogP contribution in [0.5, 0.6) is 11.5 Å². The van der Waals surface area contributed by atoms with E-state index in [1.165, 1.54) is 6.42 Å². The third kappa shape index (κ3) is 7.20. The Balaban J connectivity index is 1.69. The molecule has 0 aliphatic heterocycles. The lowest BCUT2D eigenvalue weighted by molar-refractivity contribution is 0.316. The van der Waals surface area contributed by atoms with E-state index in [4.69, 9.17) is 9.47 Å². The van der Waals surface area contributed by atoms with E-state index >= 15 is 0 Å². The van der Waals surface area contributed by atoms with Crippen molar-refractivity contribution in [3.05, 3.63) is 23.8 Å². The maximum absolute atomic E-state index is 12.0. The summed E-state index contributed by atoms with van der Waals surface area (Å²) in [6.07, 6.45) is 4.22. The summed E-state index contributed by atoms with van der Waals surface area (Å²) in [6, 6.07) is 5.80. The van der Waals surface area contributed by atoms with Crippen LogP contribution < -0.4 is 24.8 Å². The van der Waals surface area contributed by atoms with Crippen molar-refractivity contribution in [3.63, 3.8) is 0 Å². The minimum atomic E-state index is -3.26. The van der Waals surface area contributed by atoms with Crippen molar-refractivity contribution in [2.45, 2.75) is 25.7 Å². The van der Waals surface area contributed by atoms with Gasteiger partial charge in [0.1, 0.15) is 0 Å². The van der Waals surface area contributed by atoms with Crippen molar-refractivity contribution in [2.24, 2.45) is 10.9 Å². The second-order valence-electron chi connectivity index (χ2n) is 6.83. The number of nitrogens with zero attached hydrogens (tertiary/aromatic N) is 1. The molecule has 2 rings (SSSR count). The van der Waals surface area contributed by atoms with E-state index in [9.17, 15) is 8.42 Å². The summed E-state index contributed by atoms with van der Waals surface area (Å²) in [5.41, 5.74) is 1.10. The quantitative estimate of drug-likeness (QED) is 0.372. The molecule has 9 heteroatoms. The van der Waals surface area contributed by atoms with E-state index in [0.29, 0.717) is 43.0 Å². The minimum absolute atomic E-state index is 0.0239. The van der Waals surface area contributed by atoms with Crippen LogP contribution in [0.25, 0.3) is 0 Å². The number of hydrogen-bond acceptors (Lipinski definition) is 5. The lowest BCUT2D eigenvalue weighted by Gasteiger charge is -2.25. The van der Waals surface area contributed by atoms with Crippen LogP contribution in [-0.4, -0.2) is 61.0 Å². The van der Waals surface area contributed by atoms with Crippen molar-refractivity contribution >= 4 is 16.0 Å². The fourth-order valence-corrected chi connectivity index (χ4v) is 3.90. The molecule has 8 nitrogen and oxygen atoms in total. The maximum Gasteiger partial charge on any atom is 0.213 e. The first-order chi connectivity index (χ1) is 13.5. The maximum atomic E-state index is 12.0. The van der Waals surface area contributed by atoms with Gasteiger partial charge in [-0.05, 0) is 42.9 Å². The largest absolute Gasteiger partial charge is 0.493 e. The van der Waals surface area contributed by atoms with E-state index in [1.807, 2.05) is 18.2 Å². The molecule has 0 spiro atoms. The highest BCUT2D eigenvalue weighted by Gasteiger charge is 2.20. The van der Waals surface area contributed by atoms with E-state index < -0.39 is 10.0 Å². The Hall–Kier alpha value is -2.00. The molecule has 0 unspecified atom stereocenters. The fraction of sp³-hybridized carbons (Fsp3) is 0.632. The molecule has 158 valence electrons. The molecule has 0 aromatic heterocycles. The first-order valence-corrected chi connectivity index (χ1v) is 11.3. The van der Waals surface area contributed by atoms with Crippen LogP contribution >= 0.6 is 0 Å². The number of nitrogens with one attached hydrogen (secondary N) is 3. The van der Waals surface area contributed by atoms with Gasteiger partial charge in [-0.2, -0.15) is 0 Å². The molecule has 0 atom stereocenters. The van der Waals surface area contributed by atoms with Gasteiger partial charge in [0.05, 0.1) is 20.0 Å². The van der Waals surface area contributed by atoms with Gasteiger partial charge >= 0.3 is 0 Å². The van der Waals surface area contributed by atoms with Crippen LogP contribution in [0, 0.1) is 5.92 Å². The smallest absolute Gasteiger partial charge is 0.213 e. The summed E-state index contributed by atoms with van der Waals surface area (Å²) >= 11 is 0. The second-order valence-corrected chi connectivity index (χ2v) is 8.76. The van der Waals surface area contributed by atoms with Crippen molar-refractivity contribution in [2.75, 3.05) is 46.7 Å². The van der Waals surface area contributed by atoms with Gasteiger partial charge in [0.15, 0.2) is 17.5 Å². The van der Waals surface area contributed by atoms with Gasteiger partial charge in [-0.25, -0.2) is 13.1 Å². The molecule has 1 aromatic carbocycles. The van der Waals surface area contributed by atoms with Crippen molar-refractivity contribution in [1.29, 1.82) is 0 Å². The standard InChI is InChI=1S/C19H32N4O4S/c1-20-19(22-11-12-28(24,25)23-14-16-5-4-6-16)21-10-9-15-7-8-17(26-2)18(13-15)27-3/h7-8,13,16,23H,4-6,9-12,14H2,1-3H3,(H2,20,21,22). The Labute approximate surface area is 168 Å². The zero-order valence-electron chi connectivity index (χ0n) is 17.0. The Morgan fingerprint density at radius 1 is 1.14 bits per heavy atom. The molecular formula is C19H32N4O4S. The van der Waals surface area contributed by atoms with Gasteiger partial charge in [0, 0.05) is 26.7 Å². The van der Waals surface area contributed by atoms with Gasteiger partial charge < -0.3 is 20.1 Å². The predicted molar refractivity (Wildman–Crippen MR) is 112 cm³/mol. The minimum Gasteiger partial charge on any atom is -0.493 e. The topological polar surface area (TPSA) is 101 Å². The van der Waals surface area contributed by atoms with Crippen molar-refractivity contribution in [1.82, 2.24) is 15.4 Å². The molecular weight excluding hydrogens is 380 g/mol. The molecule has 1 aliphatic rings. The number of sulfonamides is 1. The Kier molecular flexibility index (Phi) is 8.85. The highest BCUT2D eigenvalue weighted by molar-refractivity contribution is 7.89. The van der Waals surface area contributed by atoms with Crippen LogP contribution in [-0.2, 0) is 16.4 Å². The SMILES string of the molecule is CN=C(NCCc1ccc(OC)c(OC)c1)NCCS(=O)(=O)NCC1CCC1. The van der Waals surface area contributed by atoms with E-state index in [1.54, 1.807) is 21.3 Å². The molecule has 28 heavy (non-hydrogen) atoms.